The van der Waals surface area contributed by atoms with Crippen molar-refractivity contribution in [2.75, 3.05) is 7.11 Å². The minimum atomic E-state index is -0.387. The molecule has 2 aromatic rings. The average molecular weight is 249 g/mol. The molecule has 2 rings (SSSR count). The number of esters is 1. The first-order valence-corrected chi connectivity index (χ1v) is 5.25. The number of carbonyl (C=O) groups excluding carboxylic acids is 1. The summed E-state index contributed by atoms with van der Waals surface area (Å²) < 4.78 is 4.65. The minimum absolute atomic E-state index is 0.311. The molecule has 0 bridgehead atoms. The molecule has 0 unspecified atom stereocenters. The fourth-order valence-corrected chi connectivity index (χ4v) is 1.55. The van der Waals surface area contributed by atoms with Crippen LogP contribution < -0.4 is 0 Å². The van der Waals surface area contributed by atoms with Crippen molar-refractivity contribution >= 4 is 17.6 Å². The van der Waals surface area contributed by atoms with E-state index in [-0.39, 0.29) is 5.97 Å². The Morgan fingerprint density at radius 2 is 2.18 bits per heavy atom. The van der Waals surface area contributed by atoms with Crippen LogP contribution in [0.15, 0.2) is 36.7 Å². The van der Waals surface area contributed by atoms with Gasteiger partial charge in [0.1, 0.15) is 5.15 Å². The van der Waals surface area contributed by atoms with Gasteiger partial charge in [-0.2, -0.15) is 0 Å². The molecular formula is C12H9ClN2O2. The first-order chi connectivity index (χ1) is 8.20. The normalized spacial score (nSPS) is 10.0. The minimum Gasteiger partial charge on any atom is -0.465 e. The quantitative estimate of drug-likeness (QED) is 0.767. The summed E-state index contributed by atoms with van der Waals surface area (Å²) >= 11 is 5.76. The highest BCUT2D eigenvalue weighted by atomic mass is 35.5. The van der Waals surface area contributed by atoms with Crippen molar-refractivity contribution in [2.45, 2.75) is 0 Å². The van der Waals surface area contributed by atoms with E-state index in [1.807, 2.05) is 6.07 Å². The molecule has 0 radical (unpaired) electrons. The standard InChI is InChI=1S/C12H9ClN2O2/c1-17-12(16)9-4-2-3-8(5-9)10-6-14-7-11(13)15-10/h2-7H,1H3. The Hall–Kier alpha value is -1.94. The molecule has 0 fully saturated rings. The van der Waals surface area contributed by atoms with Gasteiger partial charge < -0.3 is 4.74 Å². The maximum atomic E-state index is 11.4. The number of rotatable bonds is 2. The second-order valence-corrected chi connectivity index (χ2v) is 3.69. The molecule has 0 atom stereocenters. The van der Waals surface area contributed by atoms with Crippen molar-refractivity contribution in [1.82, 2.24) is 9.97 Å². The Morgan fingerprint density at radius 3 is 2.88 bits per heavy atom. The molecule has 1 aromatic carbocycles. The Kier molecular flexibility index (Phi) is 3.35. The molecule has 5 heteroatoms. The topological polar surface area (TPSA) is 52.1 Å². The van der Waals surface area contributed by atoms with Crippen LogP contribution in [0.25, 0.3) is 11.3 Å². The van der Waals surface area contributed by atoms with Crippen LogP contribution in [0, 0.1) is 0 Å². The summed E-state index contributed by atoms with van der Waals surface area (Å²) in [5, 5.41) is 0.311. The van der Waals surface area contributed by atoms with Gasteiger partial charge in [0.15, 0.2) is 0 Å². The van der Waals surface area contributed by atoms with E-state index in [0.717, 1.165) is 5.56 Å². The smallest absolute Gasteiger partial charge is 0.337 e. The van der Waals surface area contributed by atoms with Crippen LogP contribution in [-0.4, -0.2) is 23.0 Å². The molecule has 0 saturated heterocycles. The van der Waals surface area contributed by atoms with E-state index in [0.29, 0.717) is 16.4 Å². The second-order valence-electron chi connectivity index (χ2n) is 3.30. The van der Waals surface area contributed by atoms with Crippen LogP contribution >= 0.6 is 11.6 Å². The summed E-state index contributed by atoms with van der Waals surface area (Å²) in [6.45, 7) is 0. The van der Waals surface area contributed by atoms with E-state index in [2.05, 4.69) is 14.7 Å². The van der Waals surface area contributed by atoms with Crippen molar-refractivity contribution in [3.05, 3.63) is 47.4 Å². The van der Waals surface area contributed by atoms with E-state index in [4.69, 9.17) is 11.6 Å². The molecule has 0 saturated carbocycles. The van der Waals surface area contributed by atoms with Gasteiger partial charge in [-0.3, -0.25) is 4.98 Å². The average Bonchev–Trinajstić information content (AvgIpc) is 2.38. The summed E-state index contributed by atoms with van der Waals surface area (Å²) in [6, 6.07) is 6.94. The lowest BCUT2D eigenvalue weighted by Crippen LogP contribution is -2.01. The number of nitrogens with zero attached hydrogens (tertiary/aromatic N) is 2. The van der Waals surface area contributed by atoms with Gasteiger partial charge in [-0.05, 0) is 12.1 Å². The second kappa shape index (κ2) is 4.93. The monoisotopic (exact) mass is 248 g/mol. The molecule has 1 heterocycles. The van der Waals surface area contributed by atoms with Gasteiger partial charge in [0.2, 0.25) is 0 Å². The Morgan fingerprint density at radius 1 is 1.35 bits per heavy atom. The highest BCUT2D eigenvalue weighted by Crippen LogP contribution is 2.19. The zero-order valence-electron chi connectivity index (χ0n) is 9.05. The van der Waals surface area contributed by atoms with Crippen molar-refractivity contribution < 1.29 is 9.53 Å². The third kappa shape index (κ3) is 2.60. The van der Waals surface area contributed by atoms with E-state index < -0.39 is 0 Å². The molecule has 1 aromatic heterocycles. The molecule has 86 valence electrons. The van der Waals surface area contributed by atoms with Crippen LogP contribution in [0.3, 0.4) is 0 Å². The number of benzene rings is 1. The van der Waals surface area contributed by atoms with Gasteiger partial charge in [-0.25, -0.2) is 9.78 Å². The lowest BCUT2D eigenvalue weighted by atomic mass is 10.1. The van der Waals surface area contributed by atoms with Gasteiger partial charge >= 0.3 is 5.97 Å². The van der Waals surface area contributed by atoms with Crippen LogP contribution in [0.1, 0.15) is 10.4 Å². The van der Waals surface area contributed by atoms with Gasteiger partial charge in [-0.1, -0.05) is 23.7 Å². The van der Waals surface area contributed by atoms with Crippen molar-refractivity contribution in [2.24, 2.45) is 0 Å². The summed E-state index contributed by atoms with van der Waals surface area (Å²) in [4.78, 5) is 19.4. The van der Waals surface area contributed by atoms with E-state index >= 15 is 0 Å². The lowest BCUT2D eigenvalue weighted by molar-refractivity contribution is 0.0601. The molecule has 0 aliphatic rings. The molecule has 0 aliphatic carbocycles. The molecule has 4 nitrogen and oxygen atoms in total. The van der Waals surface area contributed by atoms with Gasteiger partial charge in [0.05, 0.1) is 30.8 Å². The van der Waals surface area contributed by atoms with E-state index in [1.54, 1.807) is 24.4 Å². The number of hydrogen-bond acceptors (Lipinski definition) is 4. The molecule has 0 aliphatic heterocycles. The predicted octanol–water partition coefficient (Wildman–Crippen LogP) is 2.58. The zero-order valence-corrected chi connectivity index (χ0v) is 9.81. The maximum Gasteiger partial charge on any atom is 0.337 e. The van der Waals surface area contributed by atoms with Gasteiger partial charge in [0.25, 0.3) is 0 Å². The zero-order chi connectivity index (χ0) is 12.3. The SMILES string of the molecule is COC(=O)c1cccc(-c2cncc(Cl)n2)c1. The summed E-state index contributed by atoms with van der Waals surface area (Å²) in [5.41, 5.74) is 1.85. The Labute approximate surface area is 103 Å². The fourth-order valence-electron chi connectivity index (χ4n) is 1.40. The van der Waals surface area contributed by atoms with Gasteiger partial charge in [0, 0.05) is 5.56 Å². The number of hydrogen-bond donors (Lipinski definition) is 0. The first-order valence-electron chi connectivity index (χ1n) is 4.87. The molecule has 0 amide bonds. The number of methoxy groups -OCH3 is 1. The number of carbonyl (C=O) groups is 1. The molecule has 17 heavy (non-hydrogen) atoms. The largest absolute Gasteiger partial charge is 0.465 e. The first kappa shape index (κ1) is 11.5. The van der Waals surface area contributed by atoms with Crippen LogP contribution in [-0.2, 0) is 4.74 Å². The maximum absolute atomic E-state index is 11.4. The lowest BCUT2D eigenvalue weighted by Gasteiger charge is -2.03. The molecule has 0 spiro atoms. The fraction of sp³-hybridized carbons (Fsp3) is 0.0833. The molecule has 0 N–H and O–H groups in total. The van der Waals surface area contributed by atoms with Crippen molar-refractivity contribution in [1.29, 1.82) is 0 Å². The van der Waals surface area contributed by atoms with E-state index in [9.17, 15) is 4.79 Å². The third-order valence-corrected chi connectivity index (χ3v) is 2.37. The molecular weight excluding hydrogens is 240 g/mol. The number of ether oxygens (including phenoxy) is 1. The Bertz CT molecular complexity index is 558. The Balaban J connectivity index is 2.43. The van der Waals surface area contributed by atoms with Crippen LogP contribution in [0.4, 0.5) is 0 Å². The number of halogens is 1. The summed E-state index contributed by atoms with van der Waals surface area (Å²) in [5.74, 6) is -0.387. The number of aromatic nitrogens is 2. The van der Waals surface area contributed by atoms with Gasteiger partial charge in [-0.15, -0.1) is 0 Å². The van der Waals surface area contributed by atoms with Crippen molar-refractivity contribution in [3.8, 4) is 11.3 Å². The summed E-state index contributed by atoms with van der Waals surface area (Å²) in [7, 11) is 1.34. The van der Waals surface area contributed by atoms with E-state index in [1.165, 1.54) is 13.3 Å². The van der Waals surface area contributed by atoms with Crippen LogP contribution in [0.5, 0.6) is 0 Å². The third-order valence-electron chi connectivity index (χ3n) is 2.18. The summed E-state index contributed by atoms with van der Waals surface area (Å²) in [6.07, 6.45) is 3.04. The van der Waals surface area contributed by atoms with Crippen LogP contribution in [0.2, 0.25) is 5.15 Å². The van der Waals surface area contributed by atoms with Crippen molar-refractivity contribution in [3.63, 3.8) is 0 Å². The highest BCUT2D eigenvalue weighted by Gasteiger charge is 2.07. The predicted molar refractivity (Wildman–Crippen MR) is 63.8 cm³/mol. The highest BCUT2D eigenvalue weighted by molar-refractivity contribution is 6.29.